The van der Waals surface area contributed by atoms with Crippen LogP contribution >= 0.6 is 11.3 Å². The first-order valence-corrected chi connectivity index (χ1v) is 8.89. The van der Waals surface area contributed by atoms with Crippen LogP contribution in [0.1, 0.15) is 11.4 Å². The topological polar surface area (TPSA) is 62.7 Å². The van der Waals surface area contributed by atoms with Crippen molar-refractivity contribution in [3.8, 4) is 0 Å². The molecule has 0 saturated carbocycles. The highest BCUT2D eigenvalue weighted by atomic mass is 32.1. The van der Waals surface area contributed by atoms with Crippen molar-refractivity contribution in [1.82, 2.24) is 14.8 Å². The number of nitrogens with zero attached hydrogens (tertiary/aromatic N) is 3. The standard InChI is InChI=1S/C17H21N3O3S/c1-19(12-17(22)20-8-10-23-11-9-20)16(21)7-6-15-18-13-4-2-3-5-14(13)24-15/h2-5H,6-12H2,1H3. The lowest BCUT2D eigenvalue weighted by atomic mass is 10.3. The van der Waals surface area contributed by atoms with Gasteiger partial charge in [0.2, 0.25) is 11.8 Å². The number of carbonyl (C=O) groups excluding carboxylic acids is 2. The molecule has 0 bridgehead atoms. The first-order valence-electron chi connectivity index (χ1n) is 8.07. The number of aromatic nitrogens is 1. The normalized spacial score (nSPS) is 14.8. The van der Waals surface area contributed by atoms with Gasteiger partial charge in [0.1, 0.15) is 0 Å². The maximum atomic E-state index is 12.3. The first kappa shape index (κ1) is 16.9. The van der Waals surface area contributed by atoms with Crippen molar-refractivity contribution in [3.05, 3.63) is 29.3 Å². The molecular weight excluding hydrogens is 326 g/mol. The highest BCUT2D eigenvalue weighted by Crippen LogP contribution is 2.22. The molecule has 1 aliphatic heterocycles. The van der Waals surface area contributed by atoms with E-state index in [0.717, 1.165) is 15.2 Å². The summed E-state index contributed by atoms with van der Waals surface area (Å²) in [4.78, 5) is 32.2. The van der Waals surface area contributed by atoms with Crippen LogP contribution in [-0.4, -0.2) is 66.5 Å². The number of rotatable bonds is 5. The number of thiazole rings is 1. The summed E-state index contributed by atoms with van der Waals surface area (Å²) in [6.45, 7) is 2.47. The maximum absolute atomic E-state index is 12.3. The Morgan fingerprint density at radius 1 is 1.29 bits per heavy atom. The molecule has 3 rings (SSSR count). The predicted octanol–water partition coefficient (Wildman–Crippen LogP) is 1.55. The minimum absolute atomic E-state index is 0.0193. The van der Waals surface area contributed by atoms with Crippen LogP contribution in [0.2, 0.25) is 0 Å². The molecule has 0 unspecified atom stereocenters. The Morgan fingerprint density at radius 3 is 2.79 bits per heavy atom. The van der Waals surface area contributed by atoms with Gasteiger partial charge in [-0.25, -0.2) is 4.98 Å². The van der Waals surface area contributed by atoms with Gasteiger partial charge in [0, 0.05) is 33.0 Å². The van der Waals surface area contributed by atoms with Gasteiger partial charge in [0.05, 0.1) is 35.0 Å². The van der Waals surface area contributed by atoms with Crippen LogP contribution in [0.25, 0.3) is 10.2 Å². The monoisotopic (exact) mass is 347 g/mol. The van der Waals surface area contributed by atoms with Gasteiger partial charge >= 0.3 is 0 Å². The molecule has 24 heavy (non-hydrogen) atoms. The number of carbonyl (C=O) groups is 2. The Labute approximate surface area is 145 Å². The van der Waals surface area contributed by atoms with Crippen LogP contribution in [0.3, 0.4) is 0 Å². The molecule has 1 aromatic carbocycles. The van der Waals surface area contributed by atoms with E-state index in [1.54, 1.807) is 23.3 Å². The van der Waals surface area contributed by atoms with E-state index in [0.29, 0.717) is 39.1 Å². The van der Waals surface area contributed by atoms with E-state index in [1.165, 1.54) is 4.90 Å². The van der Waals surface area contributed by atoms with Crippen LogP contribution in [0.5, 0.6) is 0 Å². The van der Waals surface area contributed by atoms with Crippen LogP contribution in [-0.2, 0) is 20.7 Å². The van der Waals surface area contributed by atoms with E-state index >= 15 is 0 Å². The van der Waals surface area contributed by atoms with Crippen LogP contribution in [0.4, 0.5) is 0 Å². The van der Waals surface area contributed by atoms with E-state index in [4.69, 9.17) is 4.74 Å². The van der Waals surface area contributed by atoms with Gasteiger partial charge in [0.15, 0.2) is 0 Å². The van der Waals surface area contributed by atoms with E-state index in [1.807, 2.05) is 24.3 Å². The van der Waals surface area contributed by atoms with E-state index < -0.39 is 0 Å². The molecule has 0 radical (unpaired) electrons. The second-order valence-electron chi connectivity index (χ2n) is 5.82. The number of aryl methyl sites for hydroxylation is 1. The van der Waals surface area contributed by atoms with Crippen molar-refractivity contribution in [2.45, 2.75) is 12.8 Å². The quantitative estimate of drug-likeness (QED) is 0.823. The molecule has 128 valence electrons. The van der Waals surface area contributed by atoms with Crippen LogP contribution in [0, 0.1) is 0 Å². The summed E-state index contributed by atoms with van der Waals surface area (Å²) in [5.41, 5.74) is 0.973. The van der Waals surface area contributed by atoms with Crippen molar-refractivity contribution in [1.29, 1.82) is 0 Å². The Hall–Kier alpha value is -1.99. The highest BCUT2D eigenvalue weighted by molar-refractivity contribution is 7.18. The smallest absolute Gasteiger partial charge is 0.242 e. The second-order valence-corrected chi connectivity index (χ2v) is 6.93. The minimum Gasteiger partial charge on any atom is -0.378 e. The zero-order valence-corrected chi connectivity index (χ0v) is 14.6. The highest BCUT2D eigenvalue weighted by Gasteiger charge is 2.20. The molecule has 2 aromatic rings. The van der Waals surface area contributed by atoms with Gasteiger partial charge in [-0.3, -0.25) is 9.59 Å². The number of hydrogen-bond acceptors (Lipinski definition) is 5. The number of fused-ring (bicyclic) bond motifs is 1. The average molecular weight is 347 g/mol. The Kier molecular flexibility index (Phi) is 5.42. The van der Waals surface area contributed by atoms with Crippen LogP contribution in [0.15, 0.2) is 24.3 Å². The van der Waals surface area contributed by atoms with Gasteiger partial charge < -0.3 is 14.5 Å². The molecule has 2 amide bonds. The third kappa shape index (κ3) is 4.10. The van der Waals surface area contributed by atoms with Gasteiger partial charge in [-0.2, -0.15) is 0 Å². The first-order chi connectivity index (χ1) is 11.6. The summed E-state index contributed by atoms with van der Waals surface area (Å²) >= 11 is 1.62. The molecular formula is C17H21N3O3S. The average Bonchev–Trinajstić information content (AvgIpc) is 3.03. The Balaban J connectivity index is 1.49. The molecule has 1 fully saturated rings. The molecule has 0 aliphatic carbocycles. The zero-order chi connectivity index (χ0) is 16.9. The molecule has 0 atom stereocenters. The lowest BCUT2D eigenvalue weighted by Crippen LogP contribution is -2.46. The largest absolute Gasteiger partial charge is 0.378 e. The van der Waals surface area contributed by atoms with E-state index in [-0.39, 0.29) is 18.4 Å². The Bertz CT molecular complexity index is 692. The van der Waals surface area contributed by atoms with Gasteiger partial charge in [-0.1, -0.05) is 12.1 Å². The Morgan fingerprint density at radius 2 is 2.04 bits per heavy atom. The summed E-state index contributed by atoms with van der Waals surface area (Å²) in [7, 11) is 1.68. The van der Waals surface area contributed by atoms with Gasteiger partial charge in [-0.15, -0.1) is 11.3 Å². The number of amides is 2. The van der Waals surface area contributed by atoms with Crippen molar-refractivity contribution < 1.29 is 14.3 Å². The van der Waals surface area contributed by atoms with Gasteiger partial charge in [-0.05, 0) is 12.1 Å². The number of morpholine rings is 1. The fourth-order valence-corrected chi connectivity index (χ4v) is 3.60. The molecule has 2 heterocycles. The van der Waals surface area contributed by atoms with E-state index in [2.05, 4.69) is 4.98 Å². The van der Waals surface area contributed by atoms with Crippen molar-refractivity contribution in [2.75, 3.05) is 39.9 Å². The fourth-order valence-electron chi connectivity index (χ4n) is 2.64. The zero-order valence-electron chi connectivity index (χ0n) is 13.7. The van der Waals surface area contributed by atoms with Gasteiger partial charge in [0.25, 0.3) is 0 Å². The van der Waals surface area contributed by atoms with Crippen molar-refractivity contribution >= 4 is 33.4 Å². The molecule has 1 aromatic heterocycles. The molecule has 0 N–H and O–H groups in total. The lowest BCUT2D eigenvalue weighted by Gasteiger charge is -2.28. The molecule has 6 nitrogen and oxygen atoms in total. The third-order valence-electron chi connectivity index (χ3n) is 4.05. The summed E-state index contributed by atoms with van der Waals surface area (Å²) in [5.74, 6) is -0.0509. The summed E-state index contributed by atoms with van der Waals surface area (Å²) in [5, 5.41) is 0.956. The molecule has 0 spiro atoms. The summed E-state index contributed by atoms with van der Waals surface area (Å²) < 4.78 is 6.37. The second kappa shape index (κ2) is 7.72. The van der Waals surface area contributed by atoms with Crippen molar-refractivity contribution in [2.24, 2.45) is 0 Å². The number of para-hydroxylation sites is 1. The van der Waals surface area contributed by atoms with Crippen LogP contribution < -0.4 is 0 Å². The van der Waals surface area contributed by atoms with Crippen molar-refractivity contribution in [3.63, 3.8) is 0 Å². The third-order valence-corrected chi connectivity index (χ3v) is 5.15. The number of likely N-dealkylation sites (N-methyl/N-ethyl adjacent to an activating group) is 1. The predicted molar refractivity (Wildman–Crippen MR) is 93.0 cm³/mol. The molecule has 7 heteroatoms. The molecule has 1 saturated heterocycles. The lowest BCUT2D eigenvalue weighted by molar-refractivity contribution is -0.141. The number of hydrogen-bond donors (Lipinski definition) is 0. The minimum atomic E-state index is -0.0316. The van der Waals surface area contributed by atoms with E-state index in [9.17, 15) is 9.59 Å². The maximum Gasteiger partial charge on any atom is 0.242 e. The SMILES string of the molecule is CN(CC(=O)N1CCOCC1)C(=O)CCc1nc2ccccc2s1. The molecule has 1 aliphatic rings. The fraction of sp³-hybridized carbons (Fsp3) is 0.471. The number of ether oxygens (including phenoxy) is 1. The summed E-state index contributed by atoms with van der Waals surface area (Å²) in [6, 6.07) is 7.96. The summed E-state index contributed by atoms with van der Waals surface area (Å²) in [6.07, 6.45) is 0.973. The number of benzene rings is 1.